The first-order valence-electron chi connectivity index (χ1n) is 6.10. The molecule has 0 N–H and O–H groups in total. The number of fused-ring (bicyclic) bond motifs is 1. The number of benzene rings is 1. The molecule has 1 heterocycles. The summed E-state index contributed by atoms with van der Waals surface area (Å²) < 4.78 is 0. The van der Waals surface area contributed by atoms with Crippen LogP contribution in [0.2, 0.25) is 0 Å². The molecule has 16 heavy (non-hydrogen) atoms. The summed E-state index contributed by atoms with van der Waals surface area (Å²) in [5.41, 5.74) is 4.15. The SMILES string of the molecule is CN1CCC(=O)C1c1ccc2c(c1)CCC2. The second-order valence-corrected chi connectivity index (χ2v) is 4.98. The first kappa shape index (κ1) is 10.0. The molecule has 1 aromatic carbocycles. The van der Waals surface area contributed by atoms with E-state index in [1.54, 1.807) is 0 Å². The smallest absolute Gasteiger partial charge is 0.155 e. The summed E-state index contributed by atoms with van der Waals surface area (Å²) in [7, 11) is 2.04. The minimum atomic E-state index is 0.0194. The summed E-state index contributed by atoms with van der Waals surface area (Å²) in [6.45, 7) is 0.903. The number of carbonyl (C=O) groups is 1. The maximum absolute atomic E-state index is 11.8. The zero-order chi connectivity index (χ0) is 11.1. The van der Waals surface area contributed by atoms with Gasteiger partial charge in [0.15, 0.2) is 5.78 Å². The Morgan fingerprint density at radius 1 is 1.19 bits per heavy atom. The van der Waals surface area contributed by atoms with E-state index in [1.165, 1.54) is 36.0 Å². The van der Waals surface area contributed by atoms with Crippen molar-refractivity contribution in [1.82, 2.24) is 4.90 Å². The Morgan fingerprint density at radius 3 is 2.75 bits per heavy atom. The second kappa shape index (κ2) is 3.70. The molecule has 1 aliphatic heterocycles. The molecule has 84 valence electrons. The van der Waals surface area contributed by atoms with Gasteiger partial charge in [-0.3, -0.25) is 9.69 Å². The molecule has 0 saturated carbocycles. The molecule has 0 spiro atoms. The molecule has 0 radical (unpaired) electrons. The zero-order valence-corrected chi connectivity index (χ0v) is 9.70. The maximum atomic E-state index is 11.8. The Morgan fingerprint density at radius 2 is 2.00 bits per heavy atom. The lowest BCUT2D eigenvalue weighted by molar-refractivity contribution is -0.119. The third-order valence-electron chi connectivity index (χ3n) is 3.89. The van der Waals surface area contributed by atoms with E-state index in [9.17, 15) is 4.79 Å². The van der Waals surface area contributed by atoms with Crippen LogP contribution in [0.3, 0.4) is 0 Å². The van der Waals surface area contributed by atoms with Crippen LogP contribution in [0.25, 0.3) is 0 Å². The third-order valence-corrected chi connectivity index (χ3v) is 3.89. The van der Waals surface area contributed by atoms with Gasteiger partial charge in [0.2, 0.25) is 0 Å². The predicted molar refractivity (Wildman–Crippen MR) is 63.5 cm³/mol. The van der Waals surface area contributed by atoms with Crippen molar-refractivity contribution in [3.05, 3.63) is 34.9 Å². The summed E-state index contributed by atoms with van der Waals surface area (Å²) >= 11 is 0. The van der Waals surface area contributed by atoms with Crippen molar-refractivity contribution in [3.8, 4) is 0 Å². The van der Waals surface area contributed by atoms with Crippen molar-refractivity contribution in [2.24, 2.45) is 0 Å². The number of hydrogen-bond donors (Lipinski definition) is 0. The van der Waals surface area contributed by atoms with E-state index in [0.29, 0.717) is 12.2 Å². The average molecular weight is 215 g/mol. The van der Waals surface area contributed by atoms with Gasteiger partial charge in [-0.15, -0.1) is 0 Å². The lowest BCUT2D eigenvalue weighted by Gasteiger charge is -2.19. The lowest BCUT2D eigenvalue weighted by atomic mass is 9.99. The number of aryl methyl sites for hydroxylation is 2. The molecule has 2 nitrogen and oxygen atoms in total. The van der Waals surface area contributed by atoms with E-state index >= 15 is 0 Å². The Hall–Kier alpha value is -1.15. The van der Waals surface area contributed by atoms with E-state index in [4.69, 9.17) is 0 Å². The highest BCUT2D eigenvalue weighted by Gasteiger charge is 2.31. The van der Waals surface area contributed by atoms with Gasteiger partial charge in [-0.25, -0.2) is 0 Å². The summed E-state index contributed by atoms with van der Waals surface area (Å²) in [6.07, 6.45) is 4.38. The van der Waals surface area contributed by atoms with E-state index in [0.717, 1.165) is 6.54 Å². The molecule has 0 amide bonds. The van der Waals surface area contributed by atoms with Gasteiger partial charge in [0.25, 0.3) is 0 Å². The monoisotopic (exact) mass is 215 g/mol. The number of Topliss-reactive ketones (excluding diaryl/α,β-unsaturated/α-hetero) is 1. The number of hydrogen-bond acceptors (Lipinski definition) is 2. The highest BCUT2D eigenvalue weighted by atomic mass is 16.1. The first-order chi connectivity index (χ1) is 7.75. The largest absolute Gasteiger partial charge is 0.297 e. The molecular formula is C14H17NO. The van der Waals surface area contributed by atoms with Crippen molar-refractivity contribution >= 4 is 5.78 Å². The summed E-state index contributed by atoms with van der Waals surface area (Å²) in [6, 6.07) is 6.64. The molecular weight excluding hydrogens is 198 g/mol. The maximum Gasteiger partial charge on any atom is 0.155 e. The highest BCUT2D eigenvalue weighted by molar-refractivity contribution is 5.87. The molecule has 2 aliphatic rings. The van der Waals surface area contributed by atoms with Gasteiger partial charge < -0.3 is 0 Å². The number of rotatable bonds is 1. The summed E-state index contributed by atoms with van der Waals surface area (Å²) in [5.74, 6) is 0.375. The van der Waals surface area contributed by atoms with Crippen LogP contribution in [-0.2, 0) is 17.6 Å². The van der Waals surface area contributed by atoms with Crippen molar-refractivity contribution < 1.29 is 4.79 Å². The molecule has 1 atom stereocenters. The predicted octanol–water partition coefficient (Wildman–Crippen LogP) is 2.12. The fourth-order valence-electron chi connectivity index (χ4n) is 3.00. The van der Waals surface area contributed by atoms with Gasteiger partial charge in [-0.1, -0.05) is 18.2 Å². The minimum absolute atomic E-state index is 0.0194. The van der Waals surface area contributed by atoms with Crippen molar-refractivity contribution in [2.45, 2.75) is 31.7 Å². The Kier molecular flexibility index (Phi) is 2.32. The molecule has 1 saturated heterocycles. The van der Waals surface area contributed by atoms with Gasteiger partial charge in [0.05, 0.1) is 6.04 Å². The van der Waals surface area contributed by atoms with Gasteiger partial charge >= 0.3 is 0 Å². The van der Waals surface area contributed by atoms with Gasteiger partial charge in [-0.05, 0) is 43.0 Å². The van der Waals surface area contributed by atoms with E-state index in [-0.39, 0.29) is 6.04 Å². The van der Waals surface area contributed by atoms with Crippen LogP contribution < -0.4 is 0 Å². The molecule has 0 aromatic heterocycles. The van der Waals surface area contributed by atoms with Crippen LogP contribution in [0, 0.1) is 0 Å². The molecule has 1 unspecified atom stereocenters. The van der Waals surface area contributed by atoms with Gasteiger partial charge in [0.1, 0.15) is 0 Å². The van der Waals surface area contributed by atoms with Crippen LogP contribution in [-0.4, -0.2) is 24.3 Å². The number of likely N-dealkylation sites (tertiary alicyclic amines) is 1. The first-order valence-corrected chi connectivity index (χ1v) is 6.10. The highest BCUT2D eigenvalue weighted by Crippen LogP contribution is 2.31. The van der Waals surface area contributed by atoms with E-state index in [1.807, 2.05) is 7.05 Å². The van der Waals surface area contributed by atoms with Crippen LogP contribution in [0.15, 0.2) is 18.2 Å². The Balaban J connectivity index is 1.97. The third kappa shape index (κ3) is 1.49. The number of ketones is 1. The average Bonchev–Trinajstić information content (AvgIpc) is 2.85. The fraction of sp³-hybridized carbons (Fsp3) is 0.500. The molecule has 1 aliphatic carbocycles. The summed E-state index contributed by atoms with van der Waals surface area (Å²) in [5, 5.41) is 0. The van der Waals surface area contributed by atoms with Crippen molar-refractivity contribution in [3.63, 3.8) is 0 Å². The minimum Gasteiger partial charge on any atom is -0.297 e. The van der Waals surface area contributed by atoms with Gasteiger partial charge in [0, 0.05) is 13.0 Å². The molecule has 1 fully saturated rings. The molecule has 3 rings (SSSR count). The van der Waals surface area contributed by atoms with Gasteiger partial charge in [-0.2, -0.15) is 0 Å². The number of carbonyl (C=O) groups excluding carboxylic acids is 1. The Bertz CT molecular complexity index is 438. The zero-order valence-electron chi connectivity index (χ0n) is 9.70. The molecule has 1 aromatic rings. The van der Waals surface area contributed by atoms with Crippen LogP contribution in [0.1, 0.15) is 35.6 Å². The normalized spacial score (nSPS) is 25.1. The number of likely N-dealkylation sites (N-methyl/N-ethyl adjacent to an activating group) is 1. The second-order valence-electron chi connectivity index (χ2n) is 4.98. The Labute approximate surface area is 96.3 Å². The standard InChI is InChI=1S/C14H17NO/c1-15-8-7-13(16)14(15)12-6-5-10-3-2-4-11(10)9-12/h5-6,9,14H,2-4,7-8H2,1H3. The lowest BCUT2D eigenvalue weighted by Crippen LogP contribution is -2.21. The quantitative estimate of drug-likeness (QED) is 0.715. The van der Waals surface area contributed by atoms with E-state index in [2.05, 4.69) is 23.1 Å². The van der Waals surface area contributed by atoms with Crippen LogP contribution in [0.4, 0.5) is 0 Å². The van der Waals surface area contributed by atoms with Crippen molar-refractivity contribution in [1.29, 1.82) is 0 Å². The van der Waals surface area contributed by atoms with Crippen LogP contribution in [0.5, 0.6) is 0 Å². The van der Waals surface area contributed by atoms with Crippen molar-refractivity contribution in [2.75, 3.05) is 13.6 Å². The topological polar surface area (TPSA) is 20.3 Å². The fourth-order valence-corrected chi connectivity index (χ4v) is 3.00. The number of nitrogens with zero attached hydrogens (tertiary/aromatic N) is 1. The van der Waals surface area contributed by atoms with E-state index < -0.39 is 0 Å². The molecule has 2 heteroatoms. The molecule has 0 bridgehead atoms. The summed E-state index contributed by atoms with van der Waals surface area (Å²) in [4.78, 5) is 14.0. The van der Waals surface area contributed by atoms with Crippen LogP contribution >= 0.6 is 0 Å².